The predicted octanol–water partition coefficient (Wildman–Crippen LogP) is 2.44. The third-order valence-corrected chi connectivity index (χ3v) is 2.66. The fourth-order valence-corrected chi connectivity index (χ4v) is 1.72. The molecule has 0 aliphatic carbocycles. The molecule has 1 aromatic rings. The zero-order valence-electron chi connectivity index (χ0n) is 8.52. The van der Waals surface area contributed by atoms with Crippen molar-refractivity contribution < 1.29 is 9.94 Å². The van der Waals surface area contributed by atoms with Crippen molar-refractivity contribution in [3.8, 4) is 5.75 Å². The number of hydrogen-bond donors (Lipinski definition) is 2. The molecule has 4 heteroatoms. The normalized spacial score (nSPS) is 10.4. The Morgan fingerprint density at radius 1 is 1.43 bits per heavy atom. The minimum atomic E-state index is 0.328. The molecule has 2 N–H and O–H groups in total. The van der Waals surface area contributed by atoms with Gasteiger partial charge in [0.25, 0.3) is 0 Å². The van der Waals surface area contributed by atoms with E-state index in [9.17, 15) is 0 Å². The summed E-state index contributed by atoms with van der Waals surface area (Å²) in [5.74, 6) is 0.630. The van der Waals surface area contributed by atoms with Crippen molar-refractivity contribution in [3.05, 3.63) is 27.8 Å². The summed E-state index contributed by atoms with van der Waals surface area (Å²) in [7, 11) is 1.57. The van der Waals surface area contributed by atoms with Crippen molar-refractivity contribution in [2.45, 2.75) is 20.4 Å². The van der Waals surface area contributed by atoms with E-state index in [1.807, 2.05) is 19.9 Å². The number of aryl methyl sites for hydroxylation is 2. The van der Waals surface area contributed by atoms with E-state index in [-0.39, 0.29) is 0 Å². The van der Waals surface area contributed by atoms with Crippen LogP contribution in [0.1, 0.15) is 16.7 Å². The number of ether oxygens (including phenoxy) is 1. The average molecular weight is 216 g/mol. The van der Waals surface area contributed by atoms with Gasteiger partial charge in [-0.15, -0.1) is 0 Å². The van der Waals surface area contributed by atoms with Crippen molar-refractivity contribution in [2.75, 3.05) is 7.11 Å². The molecule has 0 spiro atoms. The van der Waals surface area contributed by atoms with E-state index in [4.69, 9.17) is 21.5 Å². The number of halogens is 1. The number of hydrogen-bond acceptors (Lipinski definition) is 3. The first-order chi connectivity index (χ1) is 6.61. The monoisotopic (exact) mass is 215 g/mol. The molecule has 1 aromatic carbocycles. The SMILES string of the molecule is COc1c(Cl)c(C)cc(C)c1CNO. The summed E-state index contributed by atoms with van der Waals surface area (Å²) < 4.78 is 5.21. The van der Waals surface area contributed by atoms with Crippen LogP contribution in [-0.4, -0.2) is 12.3 Å². The van der Waals surface area contributed by atoms with E-state index >= 15 is 0 Å². The minimum Gasteiger partial charge on any atom is -0.495 e. The molecule has 3 nitrogen and oxygen atoms in total. The van der Waals surface area contributed by atoms with Gasteiger partial charge in [0.05, 0.1) is 12.1 Å². The third kappa shape index (κ3) is 2.00. The number of hydroxylamine groups is 1. The molecule has 0 amide bonds. The number of rotatable bonds is 3. The zero-order valence-corrected chi connectivity index (χ0v) is 9.27. The van der Waals surface area contributed by atoms with Crippen molar-refractivity contribution in [1.82, 2.24) is 5.48 Å². The van der Waals surface area contributed by atoms with Crippen LogP contribution in [0.3, 0.4) is 0 Å². The molecule has 0 unspecified atom stereocenters. The van der Waals surface area contributed by atoms with E-state index in [1.165, 1.54) is 0 Å². The van der Waals surface area contributed by atoms with Crippen LogP contribution in [-0.2, 0) is 6.54 Å². The fraction of sp³-hybridized carbons (Fsp3) is 0.400. The first-order valence-electron chi connectivity index (χ1n) is 4.31. The fourth-order valence-electron chi connectivity index (χ4n) is 1.48. The Bertz CT molecular complexity index is 339. The van der Waals surface area contributed by atoms with Gasteiger partial charge in [0.15, 0.2) is 0 Å². The summed E-state index contributed by atoms with van der Waals surface area (Å²) in [5.41, 5.74) is 5.01. The summed E-state index contributed by atoms with van der Waals surface area (Å²) in [4.78, 5) is 0. The molecule has 0 saturated heterocycles. The Labute approximate surface area is 88.6 Å². The molecule has 0 aliphatic rings. The van der Waals surface area contributed by atoms with E-state index in [0.717, 1.165) is 16.7 Å². The molecule has 14 heavy (non-hydrogen) atoms. The van der Waals surface area contributed by atoms with Gasteiger partial charge in [0.1, 0.15) is 5.75 Å². The Morgan fingerprint density at radius 3 is 2.57 bits per heavy atom. The second-order valence-corrected chi connectivity index (χ2v) is 3.55. The Kier molecular flexibility index (Phi) is 3.75. The van der Waals surface area contributed by atoms with E-state index in [0.29, 0.717) is 17.3 Å². The van der Waals surface area contributed by atoms with Crippen LogP contribution in [0.4, 0.5) is 0 Å². The molecule has 0 heterocycles. The highest BCUT2D eigenvalue weighted by Gasteiger charge is 2.12. The topological polar surface area (TPSA) is 41.5 Å². The van der Waals surface area contributed by atoms with Crippen LogP contribution in [0, 0.1) is 13.8 Å². The summed E-state index contributed by atoms with van der Waals surface area (Å²) in [6, 6.07) is 1.97. The van der Waals surface area contributed by atoms with Gasteiger partial charge in [0.2, 0.25) is 0 Å². The highest BCUT2D eigenvalue weighted by molar-refractivity contribution is 6.33. The number of methoxy groups -OCH3 is 1. The molecule has 0 aliphatic heterocycles. The molecule has 0 bridgehead atoms. The molecular formula is C10H14ClNO2. The lowest BCUT2D eigenvalue weighted by Crippen LogP contribution is -2.09. The van der Waals surface area contributed by atoms with Crippen LogP contribution in [0.5, 0.6) is 5.75 Å². The Hall–Kier alpha value is -0.770. The van der Waals surface area contributed by atoms with Crippen LogP contribution < -0.4 is 10.2 Å². The van der Waals surface area contributed by atoms with E-state index in [1.54, 1.807) is 7.11 Å². The average Bonchev–Trinajstić information content (AvgIpc) is 2.15. The lowest BCUT2D eigenvalue weighted by molar-refractivity contribution is 0.160. The van der Waals surface area contributed by atoms with Crippen molar-refractivity contribution in [3.63, 3.8) is 0 Å². The number of nitrogens with one attached hydrogen (secondary N) is 1. The van der Waals surface area contributed by atoms with Gasteiger partial charge in [-0.2, -0.15) is 0 Å². The van der Waals surface area contributed by atoms with Gasteiger partial charge in [-0.25, -0.2) is 5.48 Å². The van der Waals surface area contributed by atoms with Crippen LogP contribution >= 0.6 is 11.6 Å². The van der Waals surface area contributed by atoms with Gasteiger partial charge in [-0.3, -0.25) is 0 Å². The highest BCUT2D eigenvalue weighted by Crippen LogP contribution is 2.33. The van der Waals surface area contributed by atoms with Gasteiger partial charge in [-0.1, -0.05) is 17.7 Å². The predicted molar refractivity (Wildman–Crippen MR) is 56.1 cm³/mol. The molecule has 78 valence electrons. The highest BCUT2D eigenvalue weighted by atomic mass is 35.5. The lowest BCUT2D eigenvalue weighted by atomic mass is 10.0. The van der Waals surface area contributed by atoms with Crippen LogP contribution in [0.25, 0.3) is 0 Å². The van der Waals surface area contributed by atoms with Crippen LogP contribution in [0.15, 0.2) is 6.07 Å². The minimum absolute atomic E-state index is 0.328. The van der Waals surface area contributed by atoms with E-state index in [2.05, 4.69) is 5.48 Å². The third-order valence-electron chi connectivity index (χ3n) is 2.19. The maximum atomic E-state index is 8.68. The molecule has 0 aromatic heterocycles. The van der Waals surface area contributed by atoms with E-state index < -0.39 is 0 Å². The lowest BCUT2D eigenvalue weighted by Gasteiger charge is -2.14. The quantitative estimate of drug-likeness (QED) is 0.762. The molecule has 0 atom stereocenters. The van der Waals surface area contributed by atoms with Crippen molar-refractivity contribution in [1.29, 1.82) is 0 Å². The van der Waals surface area contributed by atoms with Gasteiger partial charge in [-0.05, 0) is 25.0 Å². The number of benzene rings is 1. The van der Waals surface area contributed by atoms with Crippen molar-refractivity contribution in [2.24, 2.45) is 0 Å². The molecule has 0 saturated carbocycles. The molecule has 0 fully saturated rings. The summed E-state index contributed by atoms with van der Waals surface area (Å²) >= 11 is 6.07. The first kappa shape index (κ1) is 11.3. The second-order valence-electron chi connectivity index (χ2n) is 3.17. The maximum absolute atomic E-state index is 8.68. The summed E-state index contributed by atoms with van der Waals surface area (Å²) in [6.45, 7) is 4.21. The van der Waals surface area contributed by atoms with Crippen molar-refractivity contribution >= 4 is 11.6 Å². The van der Waals surface area contributed by atoms with Gasteiger partial charge < -0.3 is 9.94 Å². The summed E-state index contributed by atoms with van der Waals surface area (Å²) in [6.07, 6.45) is 0. The molecular weight excluding hydrogens is 202 g/mol. The summed E-state index contributed by atoms with van der Waals surface area (Å²) in [5, 5.41) is 9.28. The Morgan fingerprint density at radius 2 is 2.07 bits per heavy atom. The maximum Gasteiger partial charge on any atom is 0.142 e. The Balaban J connectivity index is 3.31. The van der Waals surface area contributed by atoms with Crippen LogP contribution in [0.2, 0.25) is 5.02 Å². The molecule has 1 rings (SSSR count). The smallest absolute Gasteiger partial charge is 0.142 e. The second kappa shape index (κ2) is 4.64. The van der Waals surface area contributed by atoms with Gasteiger partial charge in [0, 0.05) is 12.1 Å². The molecule has 0 radical (unpaired) electrons. The largest absolute Gasteiger partial charge is 0.495 e. The van der Waals surface area contributed by atoms with Gasteiger partial charge >= 0.3 is 0 Å². The standard InChI is InChI=1S/C10H14ClNO2/c1-6-4-7(2)9(11)10(14-3)8(6)5-12-13/h4,12-13H,5H2,1-3H3. The zero-order chi connectivity index (χ0) is 10.7. The first-order valence-corrected chi connectivity index (χ1v) is 4.69.